The molecule has 0 saturated heterocycles. The first-order valence-corrected chi connectivity index (χ1v) is 6.94. The Balaban J connectivity index is 2.17. The number of carbonyl (C=O) groups excluding carboxylic acids is 2. The van der Waals surface area contributed by atoms with Gasteiger partial charge in [0, 0.05) is 18.3 Å². The maximum absolute atomic E-state index is 12.5. The molecule has 0 aliphatic carbocycles. The Morgan fingerprint density at radius 2 is 1.90 bits per heavy atom. The van der Waals surface area contributed by atoms with Gasteiger partial charge in [0.25, 0.3) is 0 Å². The molecule has 1 N–H and O–H groups in total. The molecule has 0 saturated carbocycles. The number of rotatable bonds is 3. The molecule has 110 valence electrons. The lowest BCUT2D eigenvalue weighted by atomic mass is 10.0. The van der Waals surface area contributed by atoms with Crippen molar-refractivity contribution in [1.29, 1.82) is 0 Å². The number of anilines is 1. The Bertz CT molecular complexity index is 600. The molecule has 0 unspecified atom stereocenters. The second kappa shape index (κ2) is 5.95. The first kappa shape index (κ1) is 15.0. The lowest BCUT2D eigenvalue weighted by Crippen LogP contribution is -2.52. The smallest absolute Gasteiger partial charge is 0.250 e. The average molecular weight is 284 g/mol. The first-order chi connectivity index (χ1) is 9.91. The van der Waals surface area contributed by atoms with Crippen molar-refractivity contribution >= 4 is 17.5 Å². The number of amides is 2. The maximum Gasteiger partial charge on any atom is 0.250 e. The van der Waals surface area contributed by atoms with Gasteiger partial charge in [-0.1, -0.05) is 29.8 Å². The van der Waals surface area contributed by atoms with Gasteiger partial charge in [0.05, 0.1) is 0 Å². The molecule has 0 fully saturated rings. The third-order valence-corrected chi connectivity index (χ3v) is 3.50. The van der Waals surface area contributed by atoms with Crippen LogP contribution in [0, 0.1) is 0 Å². The third-order valence-electron chi connectivity index (χ3n) is 3.50. The molecule has 21 heavy (non-hydrogen) atoms. The van der Waals surface area contributed by atoms with E-state index in [2.05, 4.69) is 5.32 Å². The lowest BCUT2D eigenvalue weighted by Gasteiger charge is -2.34. The Hall–Kier alpha value is -2.36. The Kier molecular flexibility index (Phi) is 4.26. The van der Waals surface area contributed by atoms with Crippen molar-refractivity contribution in [3.8, 4) is 0 Å². The van der Waals surface area contributed by atoms with Crippen molar-refractivity contribution in [2.75, 3.05) is 5.32 Å². The number of benzene rings is 1. The van der Waals surface area contributed by atoms with Crippen LogP contribution in [0.3, 0.4) is 0 Å². The molecule has 0 aromatic heterocycles. The van der Waals surface area contributed by atoms with E-state index in [0.717, 1.165) is 11.3 Å². The van der Waals surface area contributed by atoms with Gasteiger partial charge >= 0.3 is 0 Å². The van der Waals surface area contributed by atoms with E-state index in [4.69, 9.17) is 0 Å². The zero-order valence-electron chi connectivity index (χ0n) is 12.6. The molecule has 0 radical (unpaired) electrons. The van der Waals surface area contributed by atoms with E-state index in [1.165, 1.54) is 4.90 Å². The summed E-state index contributed by atoms with van der Waals surface area (Å²) in [6.45, 7) is 5.39. The highest BCUT2D eigenvalue weighted by Gasteiger charge is 2.37. The van der Waals surface area contributed by atoms with E-state index < -0.39 is 5.54 Å². The summed E-state index contributed by atoms with van der Waals surface area (Å²) >= 11 is 0. The number of hydrogen-bond acceptors (Lipinski definition) is 2. The summed E-state index contributed by atoms with van der Waals surface area (Å²) in [6.07, 6.45) is 5.69. The van der Waals surface area contributed by atoms with Crippen molar-refractivity contribution in [3.05, 3.63) is 54.3 Å². The second-order valence-corrected chi connectivity index (χ2v) is 5.67. The SMILES string of the molecule is CC1=CC=CN(C(C)(C)C(=O)Nc2ccccc2)C(=O)C1. The predicted molar refractivity (Wildman–Crippen MR) is 83.5 cm³/mol. The molecule has 0 bridgehead atoms. The van der Waals surface area contributed by atoms with Gasteiger partial charge in [-0.3, -0.25) is 9.59 Å². The summed E-state index contributed by atoms with van der Waals surface area (Å²) in [5.41, 5.74) is 0.746. The van der Waals surface area contributed by atoms with E-state index in [0.29, 0.717) is 6.42 Å². The minimum atomic E-state index is -0.956. The second-order valence-electron chi connectivity index (χ2n) is 5.67. The topological polar surface area (TPSA) is 49.4 Å². The zero-order chi connectivity index (χ0) is 15.5. The van der Waals surface area contributed by atoms with Gasteiger partial charge in [-0.15, -0.1) is 0 Å². The summed E-state index contributed by atoms with van der Waals surface area (Å²) in [7, 11) is 0. The average Bonchev–Trinajstić information content (AvgIpc) is 2.60. The molecule has 0 atom stereocenters. The highest BCUT2D eigenvalue weighted by Crippen LogP contribution is 2.22. The van der Waals surface area contributed by atoms with Crippen molar-refractivity contribution in [1.82, 2.24) is 4.90 Å². The fourth-order valence-corrected chi connectivity index (χ4v) is 2.17. The lowest BCUT2D eigenvalue weighted by molar-refractivity contribution is -0.139. The Morgan fingerprint density at radius 1 is 1.24 bits per heavy atom. The largest absolute Gasteiger partial charge is 0.324 e. The van der Waals surface area contributed by atoms with Crippen LogP contribution in [0.2, 0.25) is 0 Å². The highest BCUT2D eigenvalue weighted by molar-refractivity contribution is 6.00. The quantitative estimate of drug-likeness (QED) is 0.927. The first-order valence-electron chi connectivity index (χ1n) is 6.94. The minimum Gasteiger partial charge on any atom is -0.324 e. The highest BCUT2D eigenvalue weighted by atomic mass is 16.2. The monoisotopic (exact) mass is 284 g/mol. The van der Waals surface area contributed by atoms with Crippen LogP contribution in [0.25, 0.3) is 0 Å². The summed E-state index contributed by atoms with van der Waals surface area (Å²) in [4.78, 5) is 26.3. The molecule has 4 heteroatoms. The fraction of sp³-hybridized carbons (Fsp3) is 0.294. The Morgan fingerprint density at radius 3 is 2.57 bits per heavy atom. The zero-order valence-corrected chi connectivity index (χ0v) is 12.6. The van der Waals surface area contributed by atoms with Crippen molar-refractivity contribution in [2.45, 2.75) is 32.7 Å². The van der Waals surface area contributed by atoms with Gasteiger partial charge in [0.1, 0.15) is 5.54 Å². The molecular formula is C17H20N2O2. The van der Waals surface area contributed by atoms with Crippen LogP contribution in [0.15, 0.2) is 54.3 Å². The van der Waals surface area contributed by atoms with Crippen LogP contribution in [-0.2, 0) is 9.59 Å². The molecule has 2 rings (SSSR count). The number of hydrogen-bond donors (Lipinski definition) is 1. The minimum absolute atomic E-state index is 0.0780. The van der Waals surface area contributed by atoms with Gasteiger partial charge in [0.2, 0.25) is 11.8 Å². The van der Waals surface area contributed by atoms with Gasteiger partial charge < -0.3 is 10.2 Å². The van der Waals surface area contributed by atoms with Crippen LogP contribution in [0.5, 0.6) is 0 Å². The van der Waals surface area contributed by atoms with Crippen LogP contribution >= 0.6 is 0 Å². The number of carbonyl (C=O) groups is 2. The van der Waals surface area contributed by atoms with Crippen LogP contribution in [0.1, 0.15) is 27.2 Å². The van der Waals surface area contributed by atoms with E-state index in [-0.39, 0.29) is 11.8 Å². The van der Waals surface area contributed by atoms with Gasteiger partial charge in [-0.25, -0.2) is 0 Å². The van der Waals surface area contributed by atoms with Crippen LogP contribution in [0.4, 0.5) is 5.69 Å². The van der Waals surface area contributed by atoms with Gasteiger partial charge in [-0.2, -0.15) is 0 Å². The fourth-order valence-electron chi connectivity index (χ4n) is 2.17. The normalized spacial score (nSPS) is 15.5. The maximum atomic E-state index is 12.5. The number of nitrogens with zero attached hydrogens (tertiary/aromatic N) is 1. The molecule has 1 aliphatic heterocycles. The molecule has 1 aromatic carbocycles. The van der Waals surface area contributed by atoms with Crippen LogP contribution < -0.4 is 5.32 Å². The number of allylic oxidation sites excluding steroid dienone is 2. The Labute approximate surface area is 125 Å². The predicted octanol–water partition coefficient (Wildman–Crippen LogP) is 3.10. The molecule has 0 spiro atoms. The molecule has 1 aromatic rings. The number of para-hydroxylation sites is 1. The molecule has 4 nitrogen and oxygen atoms in total. The molecule has 1 aliphatic rings. The number of nitrogens with one attached hydrogen (secondary N) is 1. The van der Waals surface area contributed by atoms with Gasteiger partial charge in [-0.05, 0) is 39.0 Å². The van der Waals surface area contributed by atoms with E-state index >= 15 is 0 Å². The third kappa shape index (κ3) is 3.40. The van der Waals surface area contributed by atoms with Crippen LogP contribution in [-0.4, -0.2) is 22.3 Å². The van der Waals surface area contributed by atoms with Gasteiger partial charge in [0.15, 0.2) is 0 Å². The summed E-state index contributed by atoms with van der Waals surface area (Å²) in [5, 5.41) is 2.85. The van der Waals surface area contributed by atoms with E-state index in [1.807, 2.05) is 43.3 Å². The summed E-state index contributed by atoms with van der Waals surface area (Å²) < 4.78 is 0. The van der Waals surface area contributed by atoms with E-state index in [1.54, 1.807) is 26.1 Å². The van der Waals surface area contributed by atoms with Crippen molar-refractivity contribution in [3.63, 3.8) is 0 Å². The summed E-state index contributed by atoms with van der Waals surface area (Å²) in [6, 6.07) is 9.23. The molecule has 1 heterocycles. The molecule has 2 amide bonds. The van der Waals surface area contributed by atoms with Crippen molar-refractivity contribution in [2.24, 2.45) is 0 Å². The standard InChI is InChI=1S/C17H20N2O2/c1-13-8-7-11-19(15(20)12-13)17(2,3)16(21)18-14-9-5-4-6-10-14/h4-11H,12H2,1-3H3,(H,18,21). The van der Waals surface area contributed by atoms with Crippen molar-refractivity contribution < 1.29 is 9.59 Å². The molecular weight excluding hydrogens is 264 g/mol. The summed E-state index contributed by atoms with van der Waals surface area (Å²) in [5.74, 6) is -0.294. The van der Waals surface area contributed by atoms with E-state index in [9.17, 15) is 9.59 Å².